The van der Waals surface area contributed by atoms with Crippen molar-refractivity contribution in [2.45, 2.75) is 37.9 Å². The fourth-order valence-corrected chi connectivity index (χ4v) is 3.50. The number of nitrogens with one attached hydrogen (secondary N) is 1. The Hall–Kier alpha value is -1.46. The molecule has 0 aliphatic carbocycles. The van der Waals surface area contributed by atoms with E-state index >= 15 is 0 Å². The molecule has 3 N–H and O–H groups in total. The van der Waals surface area contributed by atoms with Crippen LogP contribution < -0.4 is 5.73 Å². The Labute approximate surface area is 120 Å². The summed E-state index contributed by atoms with van der Waals surface area (Å²) in [5, 5.41) is 7.48. The Morgan fingerprint density at radius 2 is 2.20 bits per heavy atom. The van der Waals surface area contributed by atoms with Gasteiger partial charge >= 0.3 is 0 Å². The van der Waals surface area contributed by atoms with Crippen LogP contribution in [-0.4, -0.2) is 52.8 Å². The maximum Gasteiger partial charge on any atom is 0.141 e. The average molecular weight is 273 g/mol. The Kier molecular flexibility index (Phi) is 3.72. The monoisotopic (exact) mass is 273 g/mol. The largest absolute Gasteiger partial charge is 0.382 e. The highest BCUT2D eigenvalue weighted by Gasteiger charge is 2.34. The second-order valence-corrected chi connectivity index (χ2v) is 6.04. The van der Waals surface area contributed by atoms with Crippen LogP contribution in [0, 0.1) is 5.41 Å². The summed E-state index contributed by atoms with van der Waals surface area (Å²) >= 11 is 0. The Balaban J connectivity index is 1.69. The zero-order valence-corrected chi connectivity index (χ0v) is 12.0. The van der Waals surface area contributed by atoms with E-state index in [0.29, 0.717) is 11.7 Å². The van der Waals surface area contributed by atoms with Crippen LogP contribution in [-0.2, 0) is 6.54 Å². The van der Waals surface area contributed by atoms with Gasteiger partial charge < -0.3 is 5.73 Å². The van der Waals surface area contributed by atoms with Crippen LogP contribution in [0.2, 0.25) is 0 Å². The van der Waals surface area contributed by atoms with Crippen LogP contribution in [0.5, 0.6) is 0 Å². The van der Waals surface area contributed by atoms with E-state index in [1.54, 1.807) is 6.20 Å². The smallest absolute Gasteiger partial charge is 0.141 e. The molecule has 2 unspecified atom stereocenters. The standard InChI is InChI=1S/C15H23N5/c1-19-12-2-3-13(19)10-20(7-5-12)9-11-4-6-18-14(8-11)15(16)17/h4,6,8,12-13H,2-3,5,7,9-10H2,1H3,(H3,16,17). The van der Waals surface area contributed by atoms with E-state index in [1.807, 2.05) is 12.1 Å². The van der Waals surface area contributed by atoms with Gasteiger partial charge in [0.15, 0.2) is 0 Å². The topological polar surface area (TPSA) is 69.2 Å². The fourth-order valence-electron chi connectivity index (χ4n) is 3.50. The quantitative estimate of drug-likeness (QED) is 0.637. The third-order valence-corrected chi connectivity index (χ3v) is 4.74. The summed E-state index contributed by atoms with van der Waals surface area (Å²) in [6.07, 6.45) is 5.70. The Bertz CT molecular complexity index is 501. The summed E-state index contributed by atoms with van der Waals surface area (Å²) in [6.45, 7) is 3.23. The van der Waals surface area contributed by atoms with Crippen LogP contribution >= 0.6 is 0 Å². The minimum Gasteiger partial charge on any atom is -0.382 e. The van der Waals surface area contributed by atoms with Crippen molar-refractivity contribution in [2.24, 2.45) is 5.73 Å². The summed E-state index contributed by atoms with van der Waals surface area (Å²) in [5.41, 5.74) is 7.29. The zero-order chi connectivity index (χ0) is 14.1. The van der Waals surface area contributed by atoms with Gasteiger partial charge in [0.25, 0.3) is 0 Å². The number of nitrogens with zero attached hydrogens (tertiary/aromatic N) is 3. The van der Waals surface area contributed by atoms with Gasteiger partial charge in [-0.3, -0.25) is 20.2 Å². The first-order valence-corrected chi connectivity index (χ1v) is 7.37. The molecule has 2 atom stereocenters. The average Bonchev–Trinajstić information content (AvgIpc) is 2.67. The number of fused-ring (bicyclic) bond motifs is 2. The molecule has 0 radical (unpaired) electrons. The van der Waals surface area contributed by atoms with E-state index in [0.717, 1.165) is 25.7 Å². The second-order valence-electron chi connectivity index (χ2n) is 6.04. The summed E-state index contributed by atoms with van der Waals surface area (Å²) in [7, 11) is 2.27. The normalized spacial score (nSPS) is 27.4. The van der Waals surface area contributed by atoms with Gasteiger partial charge in [0.05, 0.1) is 0 Å². The predicted octanol–water partition coefficient (Wildman–Crippen LogP) is 1.03. The maximum atomic E-state index is 7.48. The summed E-state index contributed by atoms with van der Waals surface area (Å²) < 4.78 is 0. The number of nitrogens with two attached hydrogens (primary N) is 1. The molecule has 2 aliphatic rings. The lowest BCUT2D eigenvalue weighted by atomic mass is 10.1. The number of aromatic nitrogens is 1. The third-order valence-electron chi connectivity index (χ3n) is 4.74. The number of likely N-dealkylation sites (N-methyl/N-ethyl adjacent to an activating group) is 1. The van der Waals surface area contributed by atoms with E-state index < -0.39 is 0 Å². The lowest BCUT2D eigenvalue weighted by molar-refractivity contribution is 0.214. The summed E-state index contributed by atoms with van der Waals surface area (Å²) in [5.74, 6) is 0.0431. The van der Waals surface area contributed by atoms with Crippen molar-refractivity contribution in [1.82, 2.24) is 14.8 Å². The van der Waals surface area contributed by atoms with Crippen molar-refractivity contribution in [2.75, 3.05) is 20.1 Å². The van der Waals surface area contributed by atoms with Gasteiger partial charge in [-0.05, 0) is 44.0 Å². The first-order chi connectivity index (χ1) is 9.63. The van der Waals surface area contributed by atoms with Crippen molar-refractivity contribution < 1.29 is 0 Å². The number of rotatable bonds is 3. The molecule has 108 valence electrons. The molecule has 0 amide bonds. The van der Waals surface area contributed by atoms with E-state index in [9.17, 15) is 0 Å². The van der Waals surface area contributed by atoms with Crippen molar-refractivity contribution in [3.05, 3.63) is 29.6 Å². The molecule has 5 heteroatoms. The van der Waals surface area contributed by atoms with Gasteiger partial charge in [0, 0.05) is 37.9 Å². The van der Waals surface area contributed by atoms with E-state index in [4.69, 9.17) is 11.1 Å². The molecule has 2 bridgehead atoms. The molecular formula is C15H23N5. The molecule has 0 aromatic carbocycles. The SMILES string of the molecule is CN1C2CCC1CN(Cc1ccnc(C(=N)N)c1)CC2. The lowest BCUT2D eigenvalue weighted by Gasteiger charge is -2.25. The predicted molar refractivity (Wildman–Crippen MR) is 79.7 cm³/mol. The molecule has 2 aliphatic heterocycles. The van der Waals surface area contributed by atoms with Crippen molar-refractivity contribution >= 4 is 5.84 Å². The second kappa shape index (κ2) is 5.50. The molecule has 2 saturated heterocycles. The van der Waals surface area contributed by atoms with Crippen molar-refractivity contribution in [3.63, 3.8) is 0 Å². The summed E-state index contributed by atoms with van der Waals surface area (Å²) in [6, 6.07) is 5.45. The van der Waals surface area contributed by atoms with Crippen molar-refractivity contribution in [1.29, 1.82) is 5.41 Å². The number of hydrogen-bond donors (Lipinski definition) is 2. The van der Waals surface area contributed by atoms with Gasteiger partial charge in [-0.15, -0.1) is 0 Å². The van der Waals surface area contributed by atoms with E-state index in [-0.39, 0.29) is 5.84 Å². The van der Waals surface area contributed by atoms with Crippen LogP contribution in [0.25, 0.3) is 0 Å². The molecule has 20 heavy (non-hydrogen) atoms. The molecule has 1 aromatic heterocycles. The molecule has 1 aromatic rings. The molecule has 3 heterocycles. The van der Waals surface area contributed by atoms with Crippen LogP contribution in [0.3, 0.4) is 0 Å². The first kappa shape index (κ1) is 13.5. The molecule has 0 spiro atoms. The minimum atomic E-state index is 0.0431. The molecular weight excluding hydrogens is 250 g/mol. The summed E-state index contributed by atoms with van der Waals surface area (Å²) in [4.78, 5) is 9.21. The highest BCUT2D eigenvalue weighted by Crippen LogP contribution is 2.28. The highest BCUT2D eigenvalue weighted by molar-refractivity contribution is 5.93. The molecule has 0 saturated carbocycles. The molecule has 3 rings (SSSR count). The Morgan fingerprint density at radius 1 is 1.40 bits per heavy atom. The maximum absolute atomic E-state index is 7.48. The van der Waals surface area contributed by atoms with Gasteiger partial charge in [0.2, 0.25) is 0 Å². The van der Waals surface area contributed by atoms with Crippen LogP contribution in [0.4, 0.5) is 0 Å². The van der Waals surface area contributed by atoms with Crippen LogP contribution in [0.1, 0.15) is 30.5 Å². The van der Waals surface area contributed by atoms with Crippen LogP contribution in [0.15, 0.2) is 18.3 Å². The number of pyridine rings is 1. The minimum absolute atomic E-state index is 0.0431. The van der Waals surface area contributed by atoms with E-state index in [2.05, 4.69) is 21.8 Å². The Morgan fingerprint density at radius 3 is 3.00 bits per heavy atom. The lowest BCUT2D eigenvalue weighted by Crippen LogP contribution is -2.36. The van der Waals surface area contributed by atoms with Gasteiger partial charge in [-0.1, -0.05) is 0 Å². The number of hydrogen-bond acceptors (Lipinski definition) is 4. The number of amidine groups is 1. The zero-order valence-electron chi connectivity index (χ0n) is 12.0. The highest BCUT2D eigenvalue weighted by atomic mass is 15.3. The fraction of sp³-hybridized carbons (Fsp3) is 0.600. The third kappa shape index (κ3) is 2.69. The number of nitrogen functional groups attached to an aromatic ring is 1. The first-order valence-electron chi connectivity index (χ1n) is 7.37. The van der Waals surface area contributed by atoms with Gasteiger partial charge in [-0.25, -0.2) is 0 Å². The van der Waals surface area contributed by atoms with Gasteiger partial charge in [0.1, 0.15) is 11.5 Å². The van der Waals surface area contributed by atoms with Gasteiger partial charge in [-0.2, -0.15) is 0 Å². The molecule has 2 fully saturated rings. The number of likely N-dealkylation sites (tertiary alicyclic amines) is 1. The van der Waals surface area contributed by atoms with Crippen molar-refractivity contribution in [3.8, 4) is 0 Å². The van der Waals surface area contributed by atoms with E-state index in [1.165, 1.54) is 24.8 Å². The molecule has 5 nitrogen and oxygen atoms in total.